The minimum atomic E-state index is -1.06. The standard InChI is InChI=1S/C15H16N2O4/c1-3-17(14(18)11-6-7-21-9(11)2)13-5-4-10(15(19)20)8-12(13)16/h4-8H,3,16H2,1-2H3,(H,19,20). The Hall–Kier alpha value is -2.76. The average molecular weight is 288 g/mol. The fourth-order valence-corrected chi connectivity index (χ4v) is 2.11. The second-order valence-corrected chi connectivity index (χ2v) is 4.52. The van der Waals surface area contributed by atoms with Gasteiger partial charge < -0.3 is 20.2 Å². The van der Waals surface area contributed by atoms with Crippen molar-refractivity contribution in [1.29, 1.82) is 0 Å². The summed E-state index contributed by atoms with van der Waals surface area (Å²) in [5, 5.41) is 8.94. The third-order valence-corrected chi connectivity index (χ3v) is 3.22. The zero-order chi connectivity index (χ0) is 15.6. The lowest BCUT2D eigenvalue weighted by atomic mass is 10.1. The molecule has 0 saturated heterocycles. The highest BCUT2D eigenvalue weighted by molar-refractivity contribution is 6.08. The minimum Gasteiger partial charge on any atom is -0.478 e. The number of rotatable bonds is 4. The molecule has 1 amide bonds. The maximum Gasteiger partial charge on any atom is 0.335 e. The van der Waals surface area contributed by atoms with Crippen LogP contribution in [0.15, 0.2) is 34.9 Å². The van der Waals surface area contributed by atoms with E-state index in [9.17, 15) is 9.59 Å². The van der Waals surface area contributed by atoms with Gasteiger partial charge >= 0.3 is 5.97 Å². The lowest BCUT2D eigenvalue weighted by molar-refractivity contribution is 0.0696. The number of nitrogen functional groups attached to an aromatic ring is 1. The van der Waals surface area contributed by atoms with Crippen LogP contribution in [0.2, 0.25) is 0 Å². The van der Waals surface area contributed by atoms with E-state index in [4.69, 9.17) is 15.3 Å². The summed E-state index contributed by atoms with van der Waals surface area (Å²) in [4.78, 5) is 24.9. The van der Waals surface area contributed by atoms with E-state index in [2.05, 4.69) is 0 Å². The van der Waals surface area contributed by atoms with Crippen molar-refractivity contribution in [3.8, 4) is 0 Å². The molecule has 6 heteroatoms. The van der Waals surface area contributed by atoms with Gasteiger partial charge in [-0.25, -0.2) is 4.79 Å². The summed E-state index contributed by atoms with van der Waals surface area (Å²) in [5.74, 6) is -0.772. The number of carboxylic acids is 1. The Morgan fingerprint density at radius 2 is 2.05 bits per heavy atom. The number of benzene rings is 1. The van der Waals surface area contributed by atoms with Gasteiger partial charge in [-0.2, -0.15) is 0 Å². The SMILES string of the molecule is CCN(C(=O)c1ccoc1C)c1ccc(C(=O)O)cc1N. The third-order valence-electron chi connectivity index (χ3n) is 3.22. The number of amides is 1. The van der Waals surface area contributed by atoms with Crippen molar-refractivity contribution < 1.29 is 19.1 Å². The first-order valence-corrected chi connectivity index (χ1v) is 6.44. The van der Waals surface area contributed by atoms with Gasteiger partial charge in [0, 0.05) is 6.54 Å². The van der Waals surface area contributed by atoms with Crippen molar-refractivity contribution in [2.75, 3.05) is 17.2 Å². The van der Waals surface area contributed by atoms with Crippen molar-refractivity contribution in [3.05, 3.63) is 47.4 Å². The van der Waals surface area contributed by atoms with E-state index in [0.717, 1.165) is 0 Å². The first kappa shape index (κ1) is 14.6. The number of aromatic carboxylic acids is 1. The molecule has 110 valence electrons. The highest BCUT2D eigenvalue weighted by Crippen LogP contribution is 2.26. The van der Waals surface area contributed by atoms with Gasteiger partial charge in [0.25, 0.3) is 5.91 Å². The van der Waals surface area contributed by atoms with E-state index >= 15 is 0 Å². The van der Waals surface area contributed by atoms with Crippen molar-refractivity contribution in [3.63, 3.8) is 0 Å². The molecule has 0 fully saturated rings. The van der Waals surface area contributed by atoms with Crippen LogP contribution in [-0.4, -0.2) is 23.5 Å². The van der Waals surface area contributed by atoms with E-state index in [1.165, 1.54) is 29.4 Å². The monoisotopic (exact) mass is 288 g/mol. The summed E-state index contributed by atoms with van der Waals surface area (Å²) >= 11 is 0. The predicted molar refractivity (Wildman–Crippen MR) is 78.6 cm³/mol. The van der Waals surface area contributed by atoms with Crippen LogP contribution < -0.4 is 10.6 Å². The van der Waals surface area contributed by atoms with Gasteiger partial charge in [-0.15, -0.1) is 0 Å². The van der Waals surface area contributed by atoms with Crippen molar-refractivity contribution in [1.82, 2.24) is 0 Å². The Balaban J connectivity index is 2.40. The highest BCUT2D eigenvalue weighted by atomic mass is 16.4. The van der Waals surface area contributed by atoms with Crippen LogP contribution >= 0.6 is 0 Å². The molecule has 0 atom stereocenters. The summed E-state index contributed by atoms with van der Waals surface area (Å²) in [5.41, 5.74) is 7.15. The molecular formula is C15H16N2O4. The summed E-state index contributed by atoms with van der Waals surface area (Å²) in [6, 6.07) is 5.90. The van der Waals surface area contributed by atoms with Crippen molar-refractivity contribution in [2.45, 2.75) is 13.8 Å². The molecule has 6 nitrogen and oxygen atoms in total. The highest BCUT2D eigenvalue weighted by Gasteiger charge is 2.21. The fourth-order valence-electron chi connectivity index (χ4n) is 2.11. The van der Waals surface area contributed by atoms with Crippen LogP contribution in [-0.2, 0) is 0 Å². The van der Waals surface area contributed by atoms with Gasteiger partial charge in [-0.1, -0.05) is 0 Å². The number of furan rings is 1. The van der Waals surface area contributed by atoms with Crippen LogP contribution in [0.1, 0.15) is 33.4 Å². The molecule has 0 spiro atoms. The molecule has 3 N–H and O–H groups in total. The smallest absolute Gasteiger partial charge is 0.335 e. The molecule has 0 unspecified atom stereocenters. The molecule has 0 aliphatic heterocycles. The van der Waals surface area contributed by atoms with Gasteiger partial charge in [-0.05, 0) is 38.1 Å². The molecule has 2 aromatic rings. The largest absolute Gasteiger partial charge is 0.478 e. The number of aryl methyl sites for hydroxylation is 1. The molecule has 0 aliphatic rings. The second-order valence-electron chi connectivity index (χ2n) is 4.52. The van der Waals surface area contributed by atoms with Gasteiger partial charge in [0.05, 0.1) is 28.8 Å². The molecular weight excluding hydrogens is 272 g/mol. The molecule has 1 heterocycles. The lowest BCUT2D eigenvalue weighted by Crippen LogP contribution is -2.31. The number of carboxylic acid groups (broad SMARTS) is 1. The maximum atomic E-state index is 12.5. The summed E-state index contributed by atoms with van der Waals surface area (Å²) < 4.78 is 5.14. The Kier molecular flexibility index (Phi) is 3.98. The van der Waals surface area contributed by atoms with E-state index in [-0.39, 0.29) is 17.2 Å². The molecule has 1 aromatic carbocycles. The Labute approximate surface area is 121 Å². The zero-order valence-corrected chi connectivity index (χ0v) is 11.8. The first-order valence-electron chi connectivity index (χ1n) is 6.44. The van der Waals surface area contributed by atoms with Gasteiger partial charge in [0.2, 0.25) is 0 Å². The third kappa shape index (κ3) is 2.74. The van der Waals surface area contributed by atoms with Crippen LogP contribution in [0, 0.1) is 6.92 Å². The van der Waals surface area contributed by atoms with E-state index in [0.29, 0.717) is 23.6 Å². The van der Waals surface area contributed by atoms with E-state index < -0.39 is 5.97 Å². The molecule has 2 rings (SSSR count). The maximum absolute atomic E-state index is 12.5. The van der Waals surface area contributed by atoms with Crippen LogP contribution in [0.4, 0.5) is 11.4 Å². The van der Waals surface area contributed by atoms with Gasteiger partial charge in [-0.3, -0.25) is 4.79 Å². The van der Waals surface area contributed by atoms with Crippen molar-refractivity contribution >= 4 is 23.3 Å². The quantitative estimate of drug-likeness (QED) is 0.843. The number of nitrogens with zero attached hydrogens (tertiary/aromatic N) is 1. The summed E-state index contributed by atoms with van der Waals surface area (Å²) in [7, 11) is 0. The summed E-state index contributed by atoms with van der Waals surface area (Å²) in [6.45, 7) is 3.93. The van der Waals surface area contributed by atoms with E-state index in [1.807, 2.05) is 6.92 Å². The number of nitrogens with two attached hydrogens (primary N) is 1. The molecule has 0 radical (unpaired) electrons. The van der Waals surface area contributed by atoms with E-state index in [1.54, 1.807) is 13.0 Å². The van der Waals surface area contributed by atoms with Gasteiger partial charge in [0.15, 0.2) is 0 Å². The van der Waals surface area contributed by atoms with Crippen LogP contribution in [0.5, 0.6) is 0 Å². The fraction of sp³-hybridized carbons (Fsp3) is 0.200. The number of anilines is 2. The Morgan fingerprint density at radius 1 is 1.33 bits per heavy atom. The molecule has 1 aromatic heterocycles. The molecule has 21 heavy (non-hydrogen) atoms. The first-order chi connectivity index (χ1) is 9.95. The number of carbonyl (C=O) groups is 2. The van der Waals surface area contributed by atoms with Crippen molar-refractivity contribution in [2.24, 2.45) is 0 Å². The van der Waals surface area contributed by atoms with Gasteiger partial charge in [0.1, 0.15) is 5.76 Å². The topological polar surface area (TPSA) is 96.8 Å². The zero-order valence-electron chi connectivity index (χ0n) is 11.8. The minimum absolute atomic E-state index is 0.0826. The number of hydrogen-bond acceptors (Lipinski definition) is 4. The molecule has 0 bridgehead atoms. The van der Waals surface area contributed by atoms with Crippen LogP contribution in [0.3, 0.4) is 0 Å². The summed E-state index contributed by atoms with van der Waals surface area (Å²) in [6.07, 6.45) is 1.45. The Morgan fingerprint density at radius 3 is 2.52 bits per heavy atom. The Bertz CT molecular complexity index is 691. The van der Waals surface area contributed by atoms with Crippen LogP contribution in [0.25, 0.3) is 0 Å². The number of hydrogen-bond donors (Lipinski definition) is 2. The average Bonchev–Trinajstić information content (AvgIpc) is 2.87. The normalized spacial score (nSPS) is 10.4. The molecule has 0 aliphatic carbocycles. The predicted octanol–water partition coefficient (Wildman–Crippen LogP) is 2.54. The second kappa shape index (κ2) is 5.70. The molecule has 0 saturated carbocycles. The number of carbonyl (C=O) groups excluding carboxylic acids is 1. The lowest BCUT2D eigenvalue weighted by Gasteiger charge is -2.22.